The van der Waals surface area contributed by atoms with Crippen LogP contribution < -0.4 is 5.32 Å². The lowest BCUT2D eigenvalue weighted by Crippen LogP contribution is -2.11. The van der Waals surface area contributed by atoms with Crippen molar-refractivity contribution in [2.45, 2.75) is 6.42 Å². The Morgan fingerprint density at radius 3 is 2.65 bits per heavy atom. The molecule has 1 N–H and O–H groups in total. The van der Waals surface area contributed by atoms with Crippen LogP contribution >= 0.6 is 0 Å². The number of nitrogens with zero attached hydrogens (tertiary/aromatic N) is 3. The van der Waals surface area contributed by atoms with Crippen LogP contribution in [0.15, 0.2) is 24.3 Å². The van der Waals surface area contributed by atoms with Gasteiger partial charge in [-0.3, -0.25) is 0 Å². The summed E-state index contributed by atoms with van der Waals surface area (Å²) in [6, 6.07) is 6.27. The van der Waals surface area contributed by atoms with Crippen LogP contribution in [0.5, 0.6) is 0 Å². The lowest BCUT2D eigenvalue weighted by Gasteiger charge is -1.98. The number of likely N-dealkylation sites (N-methyl/N-ethyl adjacent to an activating group) is 1. The Balaban J connectivity index is 2.26. The minimum absolute atomic E-state index is 0.244. The largest absolute Gasteiger partial charge is 0.319 e. The summed E-state index contributed by atoms with van der Waals surface area (Å²) in [5, 5.41) is 7.37. The molecule has 0 spiro atoms. The third-order valence-electron chi connectivity index (χ3n) is 2.51. The van der Waals surface area contributed by atoms with Crippen molar-refractivity contribution in [3.63, 3.8) is 0 Å². The van der Waals surface area contributed by atoms with Crippen molar-refractivity contribution in [2.24, 2.45) is 7.05 Å². The fourth-order valence-corrected chi connectivity index (χ4v) is 1.63. The molecule has 0 saturated heterocycles. The third-order valence-corrected chi connectivity index (χ3v) is 2.51. The van der Waals surface area contributed by atoms with Crippen molar-refractivity contribution >= 4 is 0 Å². The van der Waals surface area contributed by atoms with Crippen LogP contribution in [0.25, 0.3) is 11.4 Å². The van der Waals surface area contributed by atoms with Crippen molar-refractivity contribution in [2.75, 3.05) is 13.6 Å². The number of hydrogen-bond acceptors (Lipinski definition) is 3. The molecule has 1 aromatic heterocycles. The van der Waals surface area contributed by atoms with Crippen LogP contribution in [-0.2, 0) is 13.5 Å². The van der Waals surface area contributed by atoms with Crippen molar-refractivity contribution in [3.8, 4) is 11.4 Å². The minimum Gasteiger partial charge on any atom is -0.319 e. The zero-order chi connectivity index (χ0) is 12.3. The highest BCUT2D eigenvalue weighted by atomic mass is 19.1. The Kier molecular flexibility index (Phi) is 3.49. The molecule has 1 aromatic carbocycles. The zero-order valence-corrected chi connectivity index (χ0v) is 9.94. The summed E-state index contributed by atoms with van der Waals surface area (Å²) < 4.78 is 14.5. The molecule has 0 bridgehead atoms. The predicted molar refractivity (Wildman–Crippen MR) is 64.0 cm³/mol. The number of benzene rings is 1. The molecule has 17 heavy (non-hydrogen) atoms. The van der Waals surface area contributed by atoms with E-state index in [1.165, 1.54) is 12.1 Å². The van der Waals surface area contributed by atoms with Crippen molar-refractivity contribution < 1.29 is 4.39 Å². The maximum Gasteiger partial charge on any atom is 0.158 e. The van der Waals surface area contributed by atoms with Gasteiger partial charge in [-0.2, -0.15) is 5.10 Å². The van der Waals surface area contributed by atoms with Gasteiger partial charge < -0.3 is 5.32 Å². The molecule has 2 rings (SSSR count). The van der Waals surface area contributed by atoms with E-state index in [0.717, 1.165) is 30.2 Å². The monoisotopic (exact) mass is 234 g/mol. The topological polar surface area (TPSA) is 42.7 Å². The van der Waals surface area contributed by atoms with E-state index in [2.05, 4.69) is 15.4 Å². The van der Waals surface area contributed by atoms with Gasteiger partial charge in [-0.1, -0.05) is 0 Å². The summed E-state index contributed by atoms with van der Waals surface area (Å²) in [5.41, 5.74) is 0.872. The van der Waals surface area contributed by atoms with E-state index in [-0.39, 0.29) is 5.82 Å². The van der Waals surface area contributed by atoms with E-state index in [4.69, 9.17) is 0 Å². The molecule has 0 aliphatic carbocycles. The van der Waals surface area contributed by atoms with Crippen LogP contribution in [0.2, 0.25) is 0 Å². The second kappa shape index (κ2) is 5.05. The van der Waals surface area contributed by atoms with Gasteiger partial charge in [0.2, 0.25) is 0 Å². The third kappa shape index (κ3) is 2.68. The number of rotatable bonds is 4. The molecule has 90 valence electrons. The van der Waals surface area contributed by atoms with Crippen LogP contribution in [0.3, 0.4) is 0 Å². The highest BCUT2D eigenvalue weighted by Crippen LogP contribution is 2.16. The zero-order valence-electron chi connectivity index (χ0n) is 9.94. The van der Waals surface area contributed by atoms with Crippen molar-refractivity contribution in [3.05, 3.63) is 35.9 Å². The maximum atomic E-state index is 12.8. The summed E-state index contributed by atoms with van der Waals surface area (Å²) in [6.45, 7) is 0.840. The van der Waals surface area contributed by atoms with Gasteiger partial charge >= 0.3 is 0 Å². The molecular weight excluding hydrogens is 219 g/mol. The van der Waals surface area contributed by atoms with E-state index in [1.807, 2.05) is 14.1 Å². The van der Waals surface area contributed by atoms with Gasteiger partial charge in [-0.05, 0) is 31.3 Å². The van der Waals surface area contributed by atoms with Gasteiger partial charge in [0.05, 0.1) is 0 Å². The standard InChI is InChI=1S/C12H15FN4/c1-14-8-7-11-15-12(17(2)16-11)9-3-5-10(13)6-4-9/h3-6,14H,7-8H2,1-2H3. The average molecular weight is 234 g/mol. The molecule has 4 nitrogen and oxygen atoms in total. The van der Waals surface area contributed by atoms with Gasteiger partial charge in [0, 0.05) is 25.6 Å². The Hall–Kier alpha value is -1.75. The number of hydrogen-bond donors (Lipinski definition) is 1. The first-order chi connectivity index (χ1) is 8.20. The molecule has 0 saturated carbocycles. The molecule has 2 aromatic rings. The summed E-state index contributed by atoms with van der Waals surface area (Å²) in [7, 11) is 3.73. The Morgan fingerprint density at radius 1 is 1.29 bits per heavy atom. The second-order valence-electron chi connectivity index (χ2n) is 3.84. The highest BCUT2D eigenvalue weighted by Gasteiger charge is 2.08. The fourth-order valence-electron chi connectivity index (χ4n) is 1.63. The Morgan fingerprint density at radius 2 is 2.00 bits per heavy atom. The Labute approximate surface area is 99.5 Å². The molecular formula is C12H15FN4. The molecule has 0 aliphatic rings. The van der Waals surface area contributed by atoms with Crippen LogP contribution in [0.1, 0.15) is 5.82 Å². The number of aryl methyl sites for hydroxylation is 1. The Bertz CT molecular complexity index is 490. The highest BCUT2D eigenvalue weighted by molar-refractivity contribution is 5.54. The second-order valence-corrected chi connectivity index (χ2v) is 3.84. The van der Waals surface area contributed by atoms with E-state index in [0.29, 0.717) is 0 Å². The molecule has 5 heteroatoms. The molecule has 0 radical (unpaired) electrons. The normalized spacial score (nSPS) is 10.8. The molecule has 0 unspecified atom stereocenters. The van der Waals surface area contributed by atoms with Gasteiger partial charge in [-0.15, -0.1) is 0 Å². The quantitative estimate of drug-likeness (QED) is 0.869. The average Bonchev–Trinajstić information content (AvgIpc) is 2.69. The van der Waals surface area contributed by atoms with Crippen molar-refractivity contribution in [1.29, 1.82) is 0 Å². The van der Waals surface area contributed by atoms with Gasteiger partial charge in [0.1, 0.15) is 5.82 Å². The van der Waals surface area contributed by atoms with Crippen molar-refractivity contribution in [1.82, 2.24) is 20.1 Å². The summed E-state index contributed by atoms with van der Waals surface area (Å²) >= 11 is 0. The molecule has 0 aliphatic heterocycles. The summed E-state index contributed by atoms with van der Waals surface area (Å²) in [4.78, 5) is 4.44. The maximum absolute atomic E-state index is 12.8. The van der Waals surface area contributed by atoms with E-state index >= 15 is 0 Å². The van der Waals surface area contributed by atoms with E-state index < -0.39 is 0 Å². The van der Waals surface area contributed by atoms with Gasteiger partial charge in [-0.25, -0.2) is 14.1 Å². The fraction of sp³-hybridized carbons (Fsp3) is 0.333. The molecule has 1 heterocycles. The summed E-state index contributed by atoms with van der Waals surface area (Å²) in [6.07, 6.45) is 0.783. The lowest BCUT2D eigenvalue weighted by molar-refractivity contribution is 0.628. The number of aromatic nitrogens is 3. The first-order valence-electron chi connectivity index (χ1n) is 5.51. The smallest absolute Gasteiger partial charge is 0.158 e. The SMILES string of the molecule is CNCCc1nc(-c2ccc(F)cc2)n(C)n1. The summed E-state index contributed by atoms with van der Waals surface area (Å²) in [5.74, 6) is 1.31. The lowest BCUT2D eigenvalue weighted by atomic mass is 10.2. The first-order valence-corrected chi connectivity index (χ1v) is 5.51. The number of halogens is 1. The van der Waals surface area contributed by atoms with Gasteiger partial charge in [0.15, 0.2) is 11.6 Å². The minimum atomic E-state index is -0.244. The van der Waals surface area contributed by atoms with E-state index in [9.17, 15) is 4.39 Å². The van der Waals surface area contributed by atoms with Crippen LogP contribution in [0.4, 0.5) is 4.39 Å². The van der Waals surface area contributed by atoms with Gasteiger partial charge in [0.25, 0.3) is 0 Å². The first kappa shape index (κ1) is 11.7. The van der Waals surface area contributed by atoms with Crippen LogP contribution in [0, 0.1) is 5.82 Å². The predicted octanol–water partition coefficient (Wildman–Crippen LogP) is 1.38. The van der Waals surface area contributed by atoms with E-state index in [1.54, 1.807) is 16.8 Å². The molecule has 0 atom stereocenters. The molecule has 0 fully saturated rings. The molecule has 0 amide bonds. The number of nitrogens with one attached hydrogen (secondary N) is 1. The van der Waals surface area contributed by atoms with Crippen LogP contribution in [-0.4, -0.2) is 28.4 Å².